The fourth-order valence-corrected chi connectivity index (χ4v) is 1.41. The van der Waals surface area contributed by atoms with E-state index in [1.165, 1.54) is 0 Å². The van der Waals surface area contributed by atoms with Crippen LogP contribution in [0.5, 0.6) is 0 Å². The summed E-state index contributed by atoms with van der Waals surface area (Å²) in [5.41, 5.74) is -0.213. The molecule has 1 aliphatic heterocycles. The van der Waals surface area contributed by atoms with Crippen LogP contribution >= 0.6 is 0 Å². The van der Waals surface area contributed by atoms with E-state index in [4.69, 9.17) is 0 Å². The van der Waals surface area contributed by atoms with Gasteiger partial charge in [0, 0.05) is 13.1 Å². The molecule has 1 saturated heterocycles. The van der Waals surface area contributed by atoms with Gasteiger partial charge in [0.1, 0.15) is 12.4 Å². The maximum Gasteiger partial charge on any atom is 0.305 e. The van der Waals surface area contributed by atoms with Gasteiger partial charge in [-0.25, -0.2) is 18.7 Å². The van der Waals surface area contributed by atoms with Gasteiger partial charge < -0.3 is 4.90 Å². The first-order chi connectivity index (χ1) is 7.58. The fraction of sp³-hybridized carbons (Fsp3) is 0.500. The van der Waals surface area contributed by atoms with Gasteiger partial charge >= 0.3 is 5.69 Å². The molecule has 0 aliphatic carbocycles. The summed E-state index contributed by atoms with van der Waals surface area (Å²) in [6.45, 7) is 0.380. The maximum atomic E-state index is 12.2. The average Bonchev–Trinajstić information content (AvgIpc) is 2.15. The van der Waals surface area contributed by atoms with Gasteiger partial charge in [0.05, 0.1) is 10.8 Å². The smallest absolute Gasteiger partial charge is 0.305 e. The van der Waals surface area contributed by atoms with E-state index in [9.17, 15) is 18.9 Å². The zero-order valence-corrected chi connectivity index (χ0v) is 8.08. The van der Waals surface area contributed by atoms with E-state index in [1.54, 1.807) is 4.90 Å². The second-order valence-electron chi connectivity index (χ2n) is 3.50. The van der Waals surface area contributed by atoms with Gasteiger partial charge in [0.15, 0.2) is 0 Å². The summed E-state index contributed by atoms with van der Waals surface area (Å²) >= 11 is 0. The molecular weight excluding hydrogens is 222 g/mol. The molecule has 0 radical (unpaired) electrons. The molecule has 1 aliphatic rings. The minimum absolute atomic E-state index is 0.190. The number of anilines is 1. The summed E-state index contributed by atoms with van der Waals surface area (Å²) in [6, 6.07) is 0. The number of alkyl halides is 2. The van der Waals surface area contributed by atoms with Gasteiger partial charge in [0.2, 0.25) is 12.4 Å². The summed E-state index contributed by atoms with van der Waals surface area (Å²) in [5, 5.41) is 10.3. The number of nitrogens with zero attached hydrogens (tertiary/aromatic N) is 4. The molecule has 0 unspecified atom stereocenters. The highest BCUT2D eigenvalue weighted by molar-refractivity contribution is 5.36. The lowest BCUT2D eigenvalue weighted by molar-refractivity contribution is -0.385. The molecule has 0 saturated carbocycles. The first-order valence-electron chi connectivity index (χ1n) is 4.57. The first-order valence-corrected chi connectivity index (χ1v) is 4.57. The topological polar surface area (TPSA) is 72.2 Å². The zero-order chi connectivity index (χ0) is 11.7. The highest BCUT2D eigenvalue weighted by atomic mass is 19.3. The lowest BCUT2D eigenvalue weighted by Crippen LogP contribution is -2.50. The van der Waals surface area contributed by atoms with Crippen molar-refractivity contribution in [2.75, 3.05) is 18.0 Å². The molecule has 6 nitrogen and oxygen atoms in total. The maximum absolute atomic E-state index is 12.2. The molecule has 0 N–H and O–H groups in total. The molecule has 0 atom stereocenters. The predicted octanol–water partition coefficient (Wildman–Crippen LogP) is 1.09. The quantitative estimate of drug-likeness (QED) is 0.574. The summed E-state index contributed by atoms with van der Waals surface area (Å²) in [6.07, 6.45) is -0.204. The van der Waals surface area contributed by atoms with Crippen LogP contribution in [0.4, 0.5) is 20.4 Å². The van der Waals surface area contributed by atoms with Crippen LogP contribution in [-0.2, 0) is 0 Å². The predicted molar refractivity (Wildman–Crippen MR) is 50.4 cm³/mol. The Labute approximate surface area is 89.1 Å². The second kappa shape index (κ2) is 3.95. The molecular formula is C8H8F2N4O2. The van der Waals surface area contributed by atoms with Crippen molar-refractivity contribution in [1.29, 1.82) is 0 Å². The Kier molecular flexibility index (Phi) is 2.63. The SMILES string of the molecule is O=[N+]([O-])c1cnc(N2CC(C(F)F)C2)nc1. The van der Waals surface area contributed by atoms with Gasteiger partial charge in [-0.2, -0.15) is 0 Å². The van der Waals surface area contributed by atoms with Crippen molar-refractivity contribution in [1.82, 2.24) is 9.97 Å². The van der Waals surface area contributed by atoms with Crippen LogP contribution in [0.3, 0.4) is 0 Å². The van der Waals surface area contributed by atoms with Gasteiger partial charge in [-0.15, -0.1) is 0 Å². The molecule has 0 amide bonds. The van der Waals surface area contributed by atoms with Crippen molar-refractivity contribution in [2.24, 2.45) is 5.92 Å². The number of nitro groups is 1. The average molecular weight is 230 g/mol. The molecule has 86 valence electrons. The Morgan fingerprint density at radius 1 is 1.44 bits per heavy atom. The molecule has 16 heavy (non-hydrogen) atoms. The van der Waals surface area contributed by atoms with Crippen molar-refractivity contribution in [3.05, 3.63) is 22.5 Å². The minimum atomic E-state index is -2.34. The molecule has 1 aromatic heterocycles. The Hall–Kier alpha value is -1.86. The Balaban J connectivity index is 1.99. The number of hydrogen-bond acceptors (Lipinski definition) is 5. The van der Waals surface area contributed by atoms with Crippen LogP contribution in [0, 0.1) is 16.0 Å². The highest BCUT2D eigenvalue weighted by Crippen LogP contribution is 2.26. The van der Waals surface area contributed by atoms with Crippen LogP contribution in [0.25, 0.3) is 0 Å². The van der Waals surface area contributed by atoms with E-state index in [0.29, 0.717) is 0 Å². The van der Waals surface area contributed by atoms with E-state index < -0.39 is 17.3 Å². The number of hydrogen-bond donors (Lipinski definition) is 0. The Morgan fingerprint density at radius 3 is 2.44 bits per heavy atom. The summed E-state index contributed by atoms with van der Waals surface area (Å²) in [7, 11) is 0. The van der Waals surface area contributed by atoms with Crippen molar-refractivity contribution in [2.45, 2.75) is 6.43 Å². The van der Waals surface area contributed by atoms with Crippen LogP contribution in [-0.4, -0.2) is 34.4 Å². The monoisotopic (exact) mass is 230 g/mol. The van der Waals surface area contributed by atoms with E-state index >= 15 is 0 Å². The third kappa shape index (κ3) is 1.90. The molecule has 2 rings (SSSR count). The normalized spacial score (nSPS) is 16.3. The lowest BCUT2D eigenvalue weighted by Gasteiger charge is -2.38. The van der Waals surface area contributed by atoms with Crippen molar-refractivity contribution >= 4 is 11.6 Å². The zero-order valence-electron chi connectivity index (χ0n) is 8.08. The largest absolute Gasteiger partial charge is 0.340 e. The van der Waals surface area contributed by atoms with E-state index in [2.05, 4.69) is 9.97 Å². The van der Waals surface area contributed by atoms with Gasteiger partial charge in [-0.1, -0.05) is 0 Å². The van der Waals surface area contributed by atoms with Crippen LogP contribution in [0.15, 0.2) is 12.4 Å². The summed E-state index contributed by atoms with van der Waals surface area (Å²) in [5.74, 6) is -0.402. The molecule has 0 spiro atoms. The summed E-state index contributed by atoms with van der Waals surface area (Å²) in [4.78, 5) is 18.8. The molecule has 1 aromatic rings. The fourth-order valence-electron chi connectivity index (χ4n) is 1.41. The number of rotatable bonds is 3. The Bertz CT molecular complexity index is 392. The van der Waals surface area contributed by atoms with Crippen molar-refractivity contribution in [3.8, 4) is 0 Å². The third-order valence-electron chi connectivity index (χ3n) is 2.38. The highest BCUT2D eigenvalue weighted by Gasteiger charge is 2.35. The van der Waals surface area contributed by atoms with Gasteiger partial charge in [-0.05, 0) is 0 Å². The lowest BCUT2D eigenvalue weighted by atomic mass is 10.0. The molecule has 2 heterocycles. The third-order valence-corrected chi connectivity index (χ3v) is 2.38. The van der Waals surface area contributed by atoms with Crippen LogP contribution in [0.1, 0.15) is 0 Å². The summed E-state index contributed by atoms with van der Waals surface area (Å²) < 4.78 is 24.4. The molecule has 0 aromatic carbocycles. The van der Waals surface area contributed by atoms with E-state index in [0.717, 1.165) is 12.4 Å². The van der Waals surface area contributed by atoms with Gasteiger partial charge in [0.25, 0.3) is 0 Å². The molecule has 0 bridgehead atoms. The molecule has 1 fully saturated rings. The van der Waals surface area contributed by atoms with Crippen LogP contribution < -0.4 is 4.90 Å². The number of aromatic nitrogens is 2. The molecule has 8 heteroatoms. The van der Waals surface area contributed by atoms with E-state index in [1.807, 2.05) is 0 Å². The minimum Gasteiger partial charge on any atom is -0.340 e. The van der Waals surface area contributed by atoms with Crippen molar-refractivity contribution < 1.29 is 13.7 Å². The van der Waals surface area contributed by atoms with Gasteiger partial charge in [-0.3, -0.25) is 10.1 Å². The Morgan fingerprint density at radius 2 is 2.00 bits per heavy atom. The number of halogens is 2. The second-order valence-corrected chi connectivity index (χ2v) is 3.50. The van der Waals surface area contributed by atoms with Crippen molar-refractivity contribution in [3.63, 3.8) is 0 Å². The van der Waals surface area contributed by atoms with Crippen LogP contribution in [0.2, 0.25) is 0 Å². The van der Waals surface area contributed by atoms with E-state index in [-0.39, 0.29) is 24.7 Å². The standard InChI is InChI=1S/C8H8F2N4O2/c9-7(10)5-3-13(4-5)8-11-1-6(2-12-8)14(15)16/h1-2,5,7H,3-4H2. The first kappa shape index (κ1) is 10.7.